The van der Waals surface area contributed by atoms with Crippen molar-refractivity contribution in [3.05, 3.63) is 0 Å². The highest BCUT2D eigenvalue weighted by molar-refractivity contribution is 7.99. The van der Waals surface area contributed by atoms with Crippen LogP contribution in [-0.2, 0) is 0 Å². The molecule has 2 saturated heterocycles. The van der Waals surface area contributed by atoms with Gasteiger partial charge in [-0.15, -0.1) is 0 Å². The molecule has 1 N–H and O–H groups in total. The molecule has 0 aromatic heterocycles. The molecule has 2 nitrogen and oxygen atoms in total. The van der Waals surface area contributed by atoms with Gasteiger partial charge in [-0.3, -0.25) is 4.90 Å². The van der Waals surface area contributed by atoms with Gasteiger partial charge >= 0.3 is 0 Å². The second kappa shape index (κ2) is 6.12. The first-order valence-corrected chi connectivity index (χ1v) is 7.61. The topological polar surface area (TPSA) is 15.3 Å². The van der Waals surface area contributed by atoms with Gasteiger partial charge in [0.1, 0.15) is 0 Å². The van der Waals surface area contributed by atoms with Crippen LogP contribution in [0.25, 0.3) is 0 Å². The van der Waals surface area contributed by atoms with Crippen LogP contribution in [-0.4, -0.2) is 48.1 Å². The summed E-state index contributed by atoms with van der Waals surface area (Å²) in [7, 11) is 0. The molecule has 0 aliphatic carbocycles. The number of nitrogens with one attached hydrogen (secondary N) is 1. The van der Waals surface area contributed by atoms with Crippen molar-refractivity contribution < 1.29 is 0 Å². The second-order valence-corrected chi connectivity index (χ2v) is 5.90. The van der Waals surface area contributed by atoms with Crippen LogP contribution in [0.2, 0.25) is 0 Å². The molecule has 0 aromatic carbocycles. The third kappa shape index (κ3) is 3.36. The molecule has 2 aliphatic rings. The molecule has 2 aliphatic heterocycles. The molecule has 0 radical (unpaired) electrons. The lowest BCUT2D eigenvalue weighted by atomic mass is 10.0. The molecule has 2 unspecified atom stereocenters. The number of likely N-dealkylation sites (N-methyl/N-ethyl adjacent to an activating group) is 1. The molecule has 0 spiro atoms. The quantitative estimate of drug-likeness (QED) is 0.792. The predicted molar refractivity (Wildman–Crippen MR) is 68.6 cm³/mol. The summed E-state index contributed by atoms with van der Waals surface area (Å²) in [6, 6.07) is 1.63. The fourth-order valence-corrected chi connectivity index (χ4v) is 3.96. The normalized spacial score (nSPS) is 32.4. The Morgan fingerprint density at radius 3 is 2.87 bits per heavy atom. The van der Waals surface area contributed by atoms with Crippen LogP contribution in [0.5, 0.6) is 0 Å². The lowest BCUT2D eigenvalue weighted by Gasteiger charge is -2.33. The number of hydrogen-bond acceptors (Lipinski definition) is 3. The van der Waals surface area contributed by atoms with Crippen LogP contribution < -0.4 is 5.32 Å². The van der Waals surface area contributed by atoms with Crippen LogP contribution in [0.4, 0.5) is 0 Å². The largest absolute Gasteiger partial charge is 0.313 e. The number of hydrogen-bond donors (Lipinski definition) is 1. The number of rotatable bonds is 4. The minimum atomic E-state index is 0.768. The Bertz CT molecular complexity index is 174. The third-order valence-corrected chi connectivity index (χ3v) is 4.84. The third-order valence-electron chi connectivity index (χ3n) is 3.70. The first kappa shape index (κ1) is 11.7. The number of piperidine rings is 1. The molecule has 15 heavy (non-hydrogen) atoms. The monoisotopic (exact) mass is 228 g/mol. The summed E-state index contributed by atoms with van der Waals surface area (Å²) >= 11 is 2.13. The molecule has 0 aromatic rings. The van der Waals surface area contributed by atoms with Gasteiger partial charge in [0.25, 0.3) is 0 Å². The van der Waals surface area contributed by atoms with Gasteiger partial charge in [-0.1, -0.05) is 13.3 Å². The Kier molecular flexibility index (Phi) is 4.79. The Morgan fingerprint density at radius 2 is 2.27 bits per heavy atom. The van der Waals surface area contributed by atoms with Gasteiger partial charge in [0.2, 0.25) is 0 Å². The smallest absolute Gasteiger partial charge is 0.0195 e. The average Bonchev–Trinajstić information content (AvgIpc) is 2.81. The zero-order valence-corrected chi connectivity index (χ0v) is 10.7. The van der Waals surface area contributed by atoms with Crippen LogP contribution in [0.15, 0.2) is 0 Å². The van der Waals surface area contributed by atoms with Gasteiger partial charge in [0.05, 0.1) is 0 Å². The zero-order valence-electron chi connectivity index (χ0n) is 9.87. The van der Waals surface area contributed by atoms with E-state index in [9.17, 15) is 0 Å². The van der Waals surface area contributed by atoms with Crippen LogP contribution in [0.3, 0.4) is 0 Å². The van der Waals surface area contributed by atoms with Gasteiger partial charge < -0.3 is 5.32 Å². The van der Waals surface area contributed by atoms with E-state index in [4.69, 9.17) is 0 Å². The Hall–Kier alpha value is 0.270. The molecular weight excluding hydrogens is 204 g/mol. The van der Waals surface area contributed by atoms with E-state index in [0.29, 0.717) is 0 Å². The predicted octanol–water partition coefficient (Wildman–Crippen LogP) is 1.96. The van der Waals surface area contributed by atoms with Crippen molar-refractivity contribution in [2.24, 2.45) is 0 Å². The summed E-state index contributed by atoms with van der Waals surface area (Å²) in [6.45, 7) is 6.05. The molecule has 2 heterocycles. The maximum Gasteiger partial charge on any atom is 0.0195 e. The van der Waals surface area contributed by atoms with Crippen molar-refractivity contribution in [1.29, 1.82) is 0 Å². The maximum atomic E-state index is 3.66. The fraction of sp³-hybridized carbons (Fsp3) is 1.00. The van der Waals surface area contributed by atoms with Gasteiger partial charge in [-0.2, -0.15) is 11.8 Å². The average molecular weight is 228 g/mol. The SMILES string of the molecule is CCN(CC1CCCCN1)C1CCSC1. The highest BCUT2D eigenvalue weighted by Crippen LogP contribution is 2.23. The maximum absolute atomic E-state index is 3.66. The lowest BCUT2D eigenvalue weighted by molar-refractivity contribution is 0.187. The fourth-order valence-electron chi connectivity index (χ4n) is 2.71. The van der Waals surface area contributed by atoms with E-state index in [-0.39, 0.29) is 0 Å². The second-order valence-electron chi connectivity index (χ2n) is 4.75. The molecule has 2 atom stereocenters. The van der Waals surface area contributed by atoms with E-state index in [1.54, 1.807) is 0 Å². The van der Waals surface area contributed by atoms with Crippen molar-refractivity contribution in [3.63, 3.8) is 0 Å². The van der Waals surface area contributed by atoms with Crippen molar-refractivity contribution in [1.82, 2.24) is 10.2 Å². The van der Waals surface area contributed by atoms with E-state index in [1.807, 2.05) is 0 Å². The van der Waals surface area contributed by atoms with Gasteiger partial charge in [-0.25, -0.2) is 0 Å². The van der Waals surface area contributed by atoms with E-state index >= 15 is 0 Å². The molecule has 3 heteroatoms. The summed E-state index contributed by atoms with van der Waals surface area (Å²) in [5.74, 6) is 2.74. The van der Waals surface area contributed by atoms with Gasteiger partial charge in [-0.05, 0) is 38.1 Å². The molecule has 2 fully saturated rings. The van der Waals surface area contributed by atoms with Crippen molar-refractivity contribution in [2.45, 2.75) is 44.7 Å². The van der Waals surface area contributed by atoms with Gasteiger partial charge in [0.15, 0.2) is 0 Å². The number of thioether (sulfide) groups is 1. The van der Waals surface area contributed by atoms with Crippen LogP contribution >= 0.6 is 11.8 Å². The molecule has 0 saturated carbocycles. The van der Waals surface area contributed by atoms with E-state index in [2.05, 4.69) is 28.9 Å². The van der Waals surface area contributed by atoms with Crippen LogP contribution in [0.1, 0.15) is 32.6 Å². The summed E-state index contributed by atoms with van der Waals surface area (Å²) in [6.07, 6.45) is 5.60. The van der Waals surface area contributed by atoms with E-state index < -0.39 is 0 Å². The standard InChI is InChI=1S/C12H24N2S/c1-2-14(12-6-8-15-10-12)9-11-5-3-4-7-13-11/h11-13H,2-10H2,1H3. The minimum Gasteiger partial charge on any atom is -0.313 e. The number of nitrogens with zero attached hydrogens (tertiary/aromatic N) is 1. The molecule has 2 rings (SSSR count). The zero-order chi connectivity index (χ0) is 10.5. The van der Waals surface area contributed by atoms with Gasteiger partial charge in [0, 0.05) is 24.4 Å². The summed E-state index contributed by atoms with van der Waals surface area (Å²) < 4.78 is 0. The Morgan fingerprint density at radius 1 is 1.33 bits per heavy atom. The first-order valence-electron chi connectivity index (χ1n) is 6.45. The van der Waals surface area contributed by atoms with Crippen molar-refractivity contribution in [2.75, 3.05) is 31.1 Å². The summed E-state index contributed by atoms with van der Waals surface area (Å²) in [5, 5.41) is 3.66. The van der Waals surface area contributed by atoms with E-state index in [0.717, 1.165) is 12.1 Å². The van der Waals surface area contributed by atoms with E-state index in [1.165, 1.54) is 56.8 Å². The van der Waals surface area contributed by atoms with Crippen molar-refractivity contribution in [3.8, 4) is 0 Å². The molecular formula is C12H24N2S. The van der Waals surface area contributed by atoms with Crippen molar-refractivity contribution >= 4 is 11.8 Å². The minimum absolute atomic E-state index is 0.768. The highest BCUT2D eigenvalue weighted by atomic mass is 32.2. The lowest BCUT2D eigenvalue weighted by Crippen LogP contribution is -2.47. The molecule has 0 bridgehead atoms. The molecule has 88 valence electrons. The highest BCUT2D eigenvalue weighted by Gasteiger charge is 2.24. The summed E-state index contributed by atoms with van der Waals surface area (Å²) in [4.78, 5) is 2.70. The van der Waals surface area contributed by atoms with Crippen LogP contribution in [0, 0.1) is 0 Å². The Labute approximate surface area is 98.2 Å². The molecule has 0 amide bonds. The summed E-state index contributed by atoms with van der Waals surface area (Å²) in [5.41, 5.74) is 0. The Balaban J connectivity index is 1.78. The first-order chi connectivity index (χ1) is 7.40.